The van der Waals surface area contributed by atoms with Crippen LogP contribution in [0.2, 0.25) is 0 Å². The average molecular weight is 325 g/mol. The van der Waals surface area contributed by atoms with Gasteiger partial charge in [0.25, 0.3) is 0 Å². The van der Waals surface area contributed by atoms with Crippen molar-refractivity contribution in [3.63, 3.8) is 0 Å². The van der Waals surface area contributed by atoms with Crippen molar-refractivity contribution in [3.05, 3.63) is 0 Å². The van der Waals surface area contributed by atoms with Crippen LogP contribution in [0.4, 0.5) is 9.18 Å². The third-order valence-corrected chi connectivity index (χ3v) is 3.77. The molecule has 1 aliphatic rings. The smallest absolute Gasteiger partial charge is 0.410 e. The molecule has 0 aromatic carbocycles. The Hall–Kier alpha value is -1.22. The second-order valence-electron chi connectivity index (χ2n) is 4.81. The maximum atomic E-state index is 13.0. The van der Waals surface area contributed by atoms with Gasteiger partial charge in [0, 0.05) is 0 Å². The number of hydrogen-bond donors (Lipinski definition) is 2. The van der Waals surface area contributed by atoms with Crippen molar-refractivity contribution in [2.75, 3.05) is 19.1 Å². The molecule has 0 radical (unpaired) electrons. The van der Waals surface area contributed by atoms with Crippen LogP contribution in [0, 0.1) is 5.92 Å². The quantitative estimate of drug-likeness (QED) is 0.416. The molecule has 2 N–H and O–H groups in total. The third-order valence-electron chi connectivity index (χ3n) is 3.12. The van der Waals surface area contributed by atoms with Crippen LogP contribution < -0.4 is 5.32 Å². The lowest BCUT2D eigenvalue weighted by molar-refractivity contribution is -0.157. The van der Waals surface area contributed by atoms with E-state index in [2.05, 4.69) is 10.1 Å². The minimum absolute atomic E-state index is 0.139. The zero-order valence-electron chi connectivity index (χ0n) is 11.6. The van der Waals surface area contributed by atoms with Gasteiger partial charge in [0.2, 0.25) is 6.79 Å². The standard InChI is InChI=1S/C12H20FNO6S/c13-10(7-21(17)18)6-14-12(16)20-8-19-11(15)9-4-2-1-3-5-9/h9-10H,1-8H2,(H,14,16)(H,17,18)/t10-/m1/s1. The number of nitrogens with one attached hydrogen (secondary N) is 1. The van der Waals surface area contributed by atoms with E-state index in [1.165, 1.54) is 0 Å². The van der Waals surface area contributed by atoms with Gasteiger partial charge in [-0.05, 0) is 12.8 Å². The van der Waals surface area contributed by atoms with Gasteiger partial charge in [-0.15, -0.1) is 0 Å². The Balaban J connectivity index is 2.09. The van der Waals surface area contributed by atoms with E-state index in [4.69, 9.17) is 9.29 Å². The van der Waals surface area contributed by atoms with E-state index in [-0.39, 0.29) is 11.9 Å². The van der Waals surface area contributed by atoms with Crippen molar-refractivity contribution in [1.29, 1.82) is 0 Å². The maximum absolute atomic E-state index is 13.0. The first-order valence-electron chi connectivity index (χ1n) is 6.78. The molecule has 9 heteroatoms. The molecule has 122 valence electrons. The molecule has 1 amide bonds. The lowest BCUT2D eigenvalue weighted by Gasteiger charge is -2.19. The molecule has 0 aliphatic heterocycles. The van der Waals surface area contributed by atoms with Gasteiger partial charge in [-0.3, -0.25) is 4.79 Å². The Labute approximate surface area is 124 Å². The third kappa shape index (κ3) is 7.96. The van der Waals surface area contributed by atoms with Crippen LogP contribution >= 0.6 is 0 Å². The zero-order chi connectivity index (χ0) is 15.7. The molecule has 0 saturated heterocycles. The summed E-state index contributed by atoms with van der Waals surface area (Å²) in [5.74, 6) is -1.11. The van der Waals surface area contributed by atoms with Crippen LogP contribution in [-0.2, 0) is 25.3 Å². The number of halogens is 1. The predicted octanol–water partition coefficient (Wildman–Crippen LogP) is 1.35. The first-order valence-corrected chi connectivity index (χ1v) is 8.05. The second-order valence-corrected chi connectivity index (χ2v) is 5.79. The topological polar surface area (TPSA) is 102 Å². The number of ether oxygens (including phenoxy) is 2. The minimum atomic E-state index is -2.26. The highest BCUT2D eigenvalue weighted by atomic mass is 32.2. The molecule has 0 heterocycles. The molecular weight excluding hydrogens is 305 g/mol. The average Bonchev–Trinajstić information content (AvgIpc) is 2.45. The summed E-state index contributed by atoms with van der Waals surface area (Å²) in [7, 11) is 0. The van der Waals surface area contributed by atoms with Gasteiger partial charge in [0.15, 0.2) is 11.1 Å². The monoisotopic (exact) mass is 325 g/mol. The van der Waals surface area contributed by atoms with Gasteiger partial charge in [-0.25, -0.2) is 13.4 Å². The normalized spacial score (nSPS) is 18.6. The van der Waals surface area contributed by atoms with Crippen molar-refractivity contribution in [1.82, 2.24) is 5.32 Å². The zero-order valence-corrected chi connectivity index (χ0v) is 12.4. The number of hydrogen-bond acceptors (Lipinski definition) is 5. The number of alkyl halides is 1. The van der Waals surface area contributed by atoms with Crippen molar-refractivity contribution < 1.29 is 32.2 Å². The Morgan fingerprint density at radius 3 is 2.57 bits per heavy atom. The summed E-state index contributed by atoms with van der Waals surface area (Å²) in [6, 6.07) is 0. The fourth-order valence-corrected chi connectivity index (χ4v) is 2.48. The fourth-order valence-electron chi connectivity index (χ4n) is 2.06. The second kappa shape index (κ2) is 9.67. The number of carbonyl (C=O) groups is 2. The SMILES string of the molecule is O=C(NC[C@@H](F)CS(=O)O)OCOC(=O)C1CCCCC1. The molecule has 1 aliphatic carbocycles. The largest absolute Gasteiger partial charge is 0.428 e. The summed E-state index contributed by atoms with van der Waals surface area (Å²) in [5, 5.41) is 2.07. The molecule has 0 bridgehead atoms. The highest BCUT2D eigenvalue weighted by molar-refractivity contribution is 7.79. The first-order chi connectivity index (χ1) is 9.99. The summed E-state index contributed by atoms with van der Waals surface area (Å²) < 4.78 is 41.1. The number of alkyl carbamates (subject to hydrolysis) is 1. The van der Waals surface area contributed by atoms with Crippen LogP contribution in [0.1, 0.15) is 32.1 Å². The lowest BCUT2D eigenvalue weighted by Crippen LogP contribution is -2.34. The molecule has 7 nitrogen and oxygen atoms in total. The van der Waals surface area contributed by atoms with Gasteiger partial charge >= 0.3 is 12.1 Å². The predicted molar refractivity (Wildman–Crippen MR) is 72.6 cm³/mol. The number of esters is 1. The van der Waals surface area contributed by atoms with Gasteiger partial charge in [-0.1, -0.05) is 19.3 Å². The van der Waals surface area contributed by atoms with Crippen LogP contribution in [-0.4, -0.2) is 46.1 Å². The Kier molecular flexibility index (Phi) is 8.21. The van der Waals surface area contributed by atoms with E-state index in [1.807, 2.05) is 0 Å². The van der Waals surface area contributed by atoms with E-state index < -0.39 is 42.4 Å². The van der Waals surface area contributed by atoms with Crippen molar-refractivity contribution in [2.24, 2.45) is 5.92 Å². The molecule has 1 rings (SSSR count). The summed E-state index contributed by atoms with van der Waals surface area (Å²) in [6.45, 7) is -0.967. The minimum Gasteiger partial charge on any atom is -0.428 e. The summed E-state index contributed by atoms with van der Waals surface area (Å²) >= 11 is -2.26. The van der Waals surface area contributed by atoms with Crippen molar-refractivity contribution in [3.8, 4) is 0 Å². The van der Waals surface area contributed by atoms with Gasteiger partial charge in [0.1, 0.15) is 6.17 Å². The van der Waals surface area contributed by atoms with Crippen LogP contribution in [0.25, 0.3) is 0 Å². The van der Waals surface area contributed by atoms with Gasteiger partial charge < -0.3 is 19.3 Å². The molecule has 0 spiro atoms. The maximum Gasteiger partial charge on any atom is 0.410 e. The molecular formula is C12H20FNO6S. The van der Waals surface area contributed by atoms with E-state index in [9.17, 15) is 18.2 Å². The van der Waals surface area contributed by atoms with Crippen molar-refractivity contribution in [2.45, 2.75) is 38.3 Å². The van der Waals surface area contributed by atoms with E-state index in [0.717, 1.165) is 32.1 Å². The van der Waals surface area contributed by atoms with Crippen LogP contribution in [0.5, 0.6) is 0 Å². The van der Waals surface area contributed by atoms with Crippen LogP contribution in [0.3, 0.4) is 0 Å². The Morgan fingerprint density at radius 1 is 1.29 bits per heavy atom. The Morgan fingerprint density at radius 2 is 1.95 bits per heavy atom. The summed E-state index contributed by atoms with van der Waals surface area (Å²) in [5.41, 5.74) is 0. The molecule has 0 aromatic rings. The summed E-state index contributed by atoms with van der Waals surface area (Å²) in [6.07, 6.45) is 2.08. The van der Waals surface area contributed by atoms with Crippen molar-refractivity contribution >= 4 is 23.1 Å². The molecule has 1 saturated carbocycles. The highest BCUT2D eigenvalue weighted by Gasteiger charge is 2.22. The van der Waals surface area contributed by atoms with Gasteiger partial charge in [-0.2, -0.15) is 0 Å². The van der Waals surface area contributed by atoms with Crippen LogP contribution in [0.15, 0.2) is 0 Å². The molecule has 0 aromatic heterocycles. The molecule has 21 heavy (non-hydrogen) atoms. The number of amides is 1. The highest BCUT2D eigenvalue weighted by Crippen LogP contribution is 2.24. The van der Waals surface area contributed by atoms with E-state index in [0.29, 0.717) is 0 Å². The molecule has 1 unspecified atom stereocenters. The van der Waals surface area contributed by atoms with E-state index in [1.54, 1.807) is 0 Å². The van der Waals surface area contributed by atoms with E-state index >= 15 is 0 Å². The summed E-state index contributed by atoms with van der Waals surface area (Å²) in [4.78, 5) is 22.8. The number of carbonyl (C=O) groups excluding carboxylic acids is 2. The number of rotatable bonds is 7. The lowest BCUT2D eigenvalue weighted by atomic mass is 9.89. The Bertz CT molecular complexity index is 375. The van der Waals surface area contributed by atoms with Gasteiger partial charge in [0.05, 0.1) is 18.2 Å². The fraction of sp³-hybridized carbons (Fsp3) is 0.833. The molecule has 1 fully saturated rings. The first kappa shape index (κ1) is 17.8. The molecule has 2 atom stereocenters.